The van der Waals surface area contributed by atoms with Gasteiger partial charge >= 0.3 is 0 Å². The Hall–Kier alpha value is -1.32. The predicted molar refractivity (Wildman–Crippen MR) is 75.3 cm³/mol. The molecule has 0 saturated carbocycles. The van der Waals surface area contributed by atoms with Gasteiger partial charge < -0.3 is 10.5 Å². The van der Waals surface area contributed by atoms with Crippen LogP contribution in [0.15, 0.2) is 53.0 Å². The van der Waals surface area contributed by atoms with E-state index in [0.717, 1.165) is 21.2 Å². The minimum Gasteiger partial charge on any atom is -0.488 e. The van der Waals surface area contributed by atoms with E-state index in [1.807, 2.05) is 24.3 Å². The zero-order chi connectivity index (χ0) is 12.3. The average molecular weight is 292 g/mol. The minimum atomic E-state index is 0.450. The largest absolute Gasteiger partial charge is 0.488 e. The van der Waals surface area contributed by atoms with Crippen molar-refractivity contribution in [2.24, 2.45) is 5.73 Å². The van der Waals surface area contributed by atoms with Gasteiger partial charge in [0.05, 0.1) is 4.47 Å². The van der Waals surface area contributed by atoms with Crippen LogP contribution in [-0.4, -0.2) is 13.2 Å². The summed E-state index contributed by atoms with van der Waals surface area (Å²) in [5.41, 5.74) is 6.35. The third kappa shape index (κ3) is 2.68. The molecule has 0 heterocycles. The number of hydrogen-bond acceptors (Lipinski definition) is 2. The van der Waals surface area contributed by atoms with Crippen molar-refractivity contribution >= 4 is 26.7 Å². The Labute approximate surface area is 109 Å². The van der Waals surface area contributed by atoms with Gasteiger partial charge in [-0.15, -0.1) is 0 Å². The van der Waals surface area contributed by atoms with Crippen molar-refractivity contribution in [1.82, 2.24) is 0 Å². The lowest BCUT2D eigenvalue weighted by Crippen LogP contribution is -2.10. The Bertz CT molecular complexity index is 551. The summed E-state index contributed by atoms with van der Waals surface area (Å²) >= 11 is 3.57. The lowest BCUT2D eigenvalue weighted by Gasteiger charge is -2.10. The molecule has 0 amide bonds. The van der Waals surface area contributed by atoms with Crippen molar-refractivity contribution in [1.29, 1.82) is 0 Å². The van der Waals surface area contributed by atoms with Gasteiger partial charge in [-0.2, -0.15) is 0 Å². The van der Waals surface area contributed by atoms with E-state index in [9.17, 15) is 0 Å². The van der Waals surface area contributed by atoms with E-state index in [1.54, 1.807) is 0 Å². The summed E-state index contributed by atoms with van der Waals surface area (Å²) < 4.78 is 6.64. The van der Waals surface area contributed by atoms with Crippen molar-refractivity contribution in [3.05, 3.63) is 53.0 Å². The monoisotopic (exact) mass is 291 g/mol. The topological polar surface area (TPSA) is 35.2 Å². The number of rotatable bonds is 4. The second-order valence-electron chi connectivity index (χ2n) is 3.84. The zero-order valence-corrected chi connectivity index (χ0v) is 11.0. The summed E-state index contributed by atoms with van der Waals surface area (Å²) in [5.74, 6) is 0.818. The van der Waals surface area contributed by atoms with Gasteiger partial charge in [0.2, 0.25) is 0 Å². The van der Waals surface area contributed by atoms with E-state index in [2.05, 4.69) is 34.6 Å². The number of nitrogens with two attached hydrogens (primary N) is 1. The number of halogens is 1. The Morgan fingerprint density at radius 2 is 2.00 bits per heavy atom. The Kier molecular flexibility index (Phi) is 3.82. The standard InChI is InChI=1S/C14H14BrNO/c1-10(8-16)9-17-13-7-6-11-4-2-3-5-12(11)14(13)15/h2-7H,1,8-9,16H2. The van der Waals surface area contributed by atoms with Gasteiger partial charge in [-0.1, -0.05) is 36.9 Å². The van der Waals surface area contributed by atoms with Gasteiger partial charge in [0, 0.05) is 6.54 Å². The van der Waals surface area contributed by atoms with Gasteiger partial charge in [-0.3, -0.25) is 0 Å². The molecule has 0 bridgehead atoms. The molecule has 2 aromatic carbocycles. The zero-order valence-electron chi connectivity index (χ0n) is 9.45. The molecule has 2 N–H and O–H groups in total. The summed E-state index contributed by atoms with van der Waals surface area (Å²) in [6.07, 6.45) is 0. The van der Waals surface area contributed by atoms with Crippen LogP contribution >= 0.6 is 15.9 Å². The van der Waals surface area contributed by atoms with E-state index < -0.39 is 0 Å². The van der Waals surface area contributed by atoms with Gasteiger partial charge in [0.1, 0.15) is 12.4 Å². The number of fused-ring (bicyclic) bond motifs is 1. The molecule has 2 rings (SSSR count). The van der Waals surface area contributed by atoms with E-state index >= 15 is 0 Å². The third-order valence-corrected chi connectivity index (χ3v) is 3.37. The molecule has 0 aromatic heterocycles. The summed E-state index contributed by atoms with van der Waals surface area (Å²) in [6.45, 7) is 4.72. The first-order valence-electron chi connectivity index (χ1n) is 5.39. The van der Waals surface area contributed by atoms with Gasteiger partial charge in [-0.05, 0) is 38.3 Å². The van der Waals surface area contributed by atoms with Crippen molar-refractivity contribution < 1.29 is 4.74 Å². The molecule has 0 unspecified atom stereocenters. The van der Waals surface area contributed by atoms with E-state index in [1.165, 1.54) is 5.39 Å². The molecular formula is C14H14BrNO. The Morgan fingerprint density at radius 1 is 1.24 bits per heavy atom. The van der Waals surface area contributed by atoms with Crippen LogP contribution in [0.3, 0.4) is 0 Å². The van der Waals surface area contributed by atoms with Gasteiger partial charge in [0.25, 0.3) is 0 Å². The van der Waals surface area contributed by atoms with Crippen molar-refractivity contribution in [2.45, 2.75) is 0 Å². The molecule has 0 aliphatic carbocycles. The first kappa shape index (κ1) is 12.1. The smallest absolute Gasteiger partial charge is 0.134 e. The van der Waals surface area contributed by atoms with Gasteiger partial charge in [0.15, 0.2) is 0 Å². The highest BCUT2D eigenvalue weighted by atomic mass is 79.9. The molecule has 3 heteroatoms. The number of ether oxygens (including phenoxy) is 1. The van der Waals surface area contributed by atoms with Crippen LogP contribution < -0.4 is 10.5 Å². The SMILES string of the molecule is C=C(CN)COc1ccc2ccccc2c1Br. The van der Waals surface area contributed by atoms with Crippen molar-refractivity contribution in [2.75, 3.05) is 13.2 Å². The van der Waals surface area contributed by atoms with Crippen LogP contribution in [0.4, 0.5) is 0 Å². The molecule has 0 radical (unpaired) electrons. The minimum absolute atomic E-state index is 0.450. The highest BCUT2D eigenvalue weighted by molar-refractivity contribution is 9.10. The first-order valence-corrected chi connectivity index (χ1v) is 6.18. The fourth-order valence-electron chi connectivity index (χ4n) is 1.56. The summed E-state index contributed by atoms with van der Waals surface area (Å²) in [5, 5.41) is 2.33. The van der Waals surface area contributed by atoms with Crippen LogP contribution in [-0.2, 0) is 0 Å². The molecule has 0 saturated heterocycles. The van der Waals surface area contributed by atoms with Crippen LogP contribution in [0.2, 0.25) is 0 Å². The van der Waals surface area contributed by atoms with Crippen molar-refractivity contribution in [3.8, 4) is 5.75 Å². The maximum absolute atomic E-state index is 5.67. The highest BCUT2D eigenvalue weighted by Gasteiger charge is 2.05. The number of benzene rings is 2. The predicted octanol–water partition coefficient (Wildman–Crippen LogP) is 3.50. The molecular weight excluding hydrogens is 278 g/mol. The maximum atomic E-state index is 5.67. The fourth-order valence-corrected chi connectivity index (χ4v) is 2.17. The second-order valence-corrected chi connectivity index (χ2v) is 4.63. The molecule has 88 valence electrons. The van der Waals surface area contributed by atoms with E-state index in [4.69, 9.17) is 10.5 Å². The fraction of sp³-hybridized carbons (Fsp3) is 0.143. The van der Waals surface area contributed by atoms with Crippen LogP contribution in [0, 0.1) is 0 Å². The molecule has 17 heavy (non-hydrogen) atoms. The van der Waals surface area contributed by atoms with Gasteiger partial charge in [-0.25, -0.2) is 0 Å². The lowest BCUT2D eigenvalue weighted by molar-refractivity contribution is 0.349. The molecule has 0 spiro atoms. The molecule has 2 nitrogen and oxygen atoms in total. The second kappa shape index (κ2) is 5.34. The Morgan fingerprint density at radius 3 is 2.76 bits per heavy atom. The van der Waals surface area contributed by atoms with E-state index in [0.29, 0.717) is 13.2 Å². The quantitative estimate of drug-likeness (QED) is 0.875. The first-order chi connectivity index (χ1) is 8.22. The molecule has 0 atom stereocenters. The maximum Gasteiger partial charge on any atom is 0.134 e. The average Bonchev–Trinajstić information content (AvgIpc) is 2.38. The summed E-state index contributed by atoms with van der Waals surface area (Å²) in [6, 6.07) is 12.2. The normalized spacial score (nSPS) is 10.5. The third-order valence-electron chi connectivity index (χ3n) is 2.55. The molecule has 0 fully saturated rings. The van der Waals surface area contributed by atoms with Crippen LogP contribution in [0.1, 0.15) is 0 Å². The number of hydrogen-bond donors (Lipinski definition) is 1. The lowest BCUT2D eigenvalue weighted by atomic mass is 10.1. The van der Waals surface area contributed by atoms with E-state index in [-0.39, 0.29) is 0 Å². The van der Waals surface area contributed by atoms with Crippen LogP contribution in [0.5, 0.6) is 5.75 Å². The molecule has 0 aliphatic heterocycles. The molecule has 2 aromatic rings. The molecule has 0 aliphatic rings. The highest BCUT2D eigenvalue weighted by Crippen LogP contribution is 2.33. The van der Waals surface area contributed by atoms with Crippen LogP contribution in [0.25, 0.3) is 10.8 Å². The van der Waals surface area contributed by atoms with Crippen molar-refractivity contribution in [3.63, 3.8) is 0 Å². The Balaban J connectivity index is 2.29. The summed E-state index contributed by atoms with van der Waals surface area (Å²) in [7, 11) is 0. The summed E-state index contributed by atoms with van der Waals surface area (Å²) in [4.78, 5) is 0.